The van der Waals surface area contributed by atoms with Crippen molar-refractivity contribution in [3.63, 3.8) is 0 Å². The predicted octanol–water partition coefficient (Wildman–Crippen LogP) is 0.321. The first-order valence-corrected chi connectivity index (χ1v) is 3.25. The summed E-state index contributed by atoms with van der Waals surface area (Å²) in [5, 5.41) is 0. The maximum absolute atomic E-state index is 10.7. The largest absolute Gasteiger partial charge is 0.428 e. The summed E-state index contributed by atoms with van der Waals surface area (Å²) in [6.45, 7) is 0.252. The molecular formula is C8H7NO3. The van der Waals surface area contributed by atoms with Crippen LogP contribution in [0.4, 0.5) is 0 Å². The third-order valence-corrected chi connectivity index (χ3v) is 1.33. The number of primary amides is 1. The third-order valence-electron chi connectivity index (χ3n) is 1.33. The molecule has 4 nitrogen and oxygen atoms in total. The predicted molar refractivity (Wildman–Crippen MR) is 41.7 cm³/mol. The van der Waals surface area contributed by atoms with E-state index in [1.807, 2.05) is 0 Å². The molecule has 0 aromatic heterocycles. The van der Waals surface area contributed by atoms with Gasteiger partial charge in [-0.3, -0.25) is 9.59 Å². The zero-order chi connectivity index (χ0) is 8.97. The van der Waals surface area contributed by atoms with E-state index in [2.05, 4.69) is 4.74 Å². The lowest BCUT2D eigenvalue weighted by Gasteiger charge is -2.01. The molecule has 1 amide bonds. The Kier molecular flexibility index (Phi) is 2.42. The zero-order valence-corrected chi connectivity index (χ0v) is 6.19. The van der Waals surface area contributed by atoms with Crippen LogP contribution in [0.3, 0.4) is 0 Å². The number of benzene rings is 1. The van der Waals surface area contributed by atoms with Gasteiger partial charge in [0, 0.05) is 0 Å². The van der Waals surface area contributed by atoms with Crippen molar-refractivity contribution in [1.29, 1.82) is 0 Å². The highest BCUT2D eigenvalue weighted by molar-refractivity contribution is 5.95. The SMILES string of the molecule is NC(=O)c1ccccc1OC=O. The van der Waals surface area contributed by atoms with Gasteiger partial charge in [-0.1, -0.05) is 12.1 Å². The van der Waals surface area contributed by atoms with Gasteiger partial charge in [-0.15, -0.1) is 0 Å². The first-order valence-electron chi connectivity index (χ1n) is 3.25. The molecule has 1 aromatic carbocycles. The first-order chi connectivity index (χ1) is 5.75. The van der Waals surface area contributed by atoms with E-state index in [4.69, 9.17) is 5.73 Å². The molecule has 2 N–H and O–H groups in total. The topological polar surface area (TPSA) is 69.4 Å². The second kappa shape index (κ2) is 3.52. The molecule has 0 aliphatic carbocycles. The summed E-state index contributed by atoms with van der Waals surface area (Å²) in [5.41, 5.74) is 5.21. The van der Waals surface area contributed by atoms with Gasteiger partial charge in [-0.05, 0) is 12.1 Å². The van der Waals surface area contributed by atoms with Crippen LogP contribution < -0.4 is 10.5 Å². The first kappa shape index (κ1) is 8.26. The van der Waals surface area contributed by atoms with Crippen molar-refractivity contribution in [1.82, 2.24) is 0 Å². The fraction of sp³-hybridized carbons (Fsp3) is 0. The minimum atomic E-state index is -0.618. The van der Waals surface area contributed by atoms with Crippen LogP contribution in [-0.4, -0.2) is 12.4 Å². The standard InChI is InChI=1S/C8H7NO3/c9-8(11)6-3-1-2-4-7(6)12-5-10/h1-5H,(H2,9,11). The lowest BCUT2D eigenvalue weighted by atomic mass is 10.2. The van der Waals surface area contributed by atoms with Gasteiger partial charge in [-0.25, -0.2) is 0 Å². The molecule has 0 saturated heterocycles. The van der Waals surface area contributed by atoms with E-state index < -0.39 is 5.91 Å². The molecule has 0 bridgehead atoms. The van der Waals surface area contributed by atoms with Gasteiger partial charge in [0.05, 0.1) is 5.56 Å². The van der Waals surface area contributed by atoms with E-state index in [1.54, 1.807) is 12.1 Å². The van der Waals surface area contributed by atoms with Crippen molar-refractivity contribution in [3.05, 3.63) is 29.8 Å². The number of rotatable bonds is 3. The molecule has 0 spiro atoms. The Labute approximate surface area is 68.9 Å². The van der Waals surface area contributed by atoms with Crippen molar-refractivity contribution in [2.24, 2.45) is 5.73 Å². The van der Waals surface area contributed by atoms with Gasteiger partial charge in [0.25, 0.3) is 12.4 Å². The molecule has 1 rings (SSSR count). The van der Waals surface area contributed by atoms with E-state index in [0.29, 0.717) is 0 Å². The summed E-state index contributed by atoms with van der Waals surface area (Å²) in [6.07, 6.45) is 0. The molecule has 0 radical (unpaired) electrons. The van der Waals surface area contributed by atoms with Gasteiger partial charge in [0.1, 0.15) is 5.75 Å². The molecule has 0 aliphatic heterocycles. The fourth-order valence-corrected chi connectivity index (χ4v) is 0.825. The van der Waals surface area contributed by atoms with Crippen molar-refractivity contribution < 1.29 is 14.3 Å². The number of ether oxygens (including phenoxy) is 1. The van der Waals surface area contributed by atoms with Crippen LogP contribution in [0.15, 0.2) is 24.3 Å². The van der Waals surface area contributed by atoms with Crippen LogP contribution in [0.1, 0.15) is 10.4 Å². The number of para-hydroxylation sites is 1. The highest BCUT2D eigenvalue weighted by Gasteiger charge is 2.06. The smallest absolute Gasteiger partial charge is 0.298 e. The summed E-state index contributed by atoms with van der Waals surface area (Å²) >= 11 is 0. The van der Waals surface area contributed by atoms with Gasteiger partial charge in [0.15, 0.2) is 0 Å². The van der Waals surface area contributed by atoms with Gasteiger partial charge in [-0.2, -0.15) is 0 Å². The van der Waals surface area contributed by atoms with Crippen LogP contribution in [0, 0.1) is 0 Å². The lowest BCUT2D eigenvalue weighted by Crippen LogP contribution is -2.12. The lowest BCUT2D eigenvalue weighted by molar-refractivity contribution is -0.120. The Hall–Kier alpha value is -1.84. The van der Waals surface area contributed by atoms with Crippen LogP contribution in [0.25, 0.3) is 0 Å². The molecule has 0 unspecified atom stereocenters. The average molecular weight is 165 g/mol. The fourth-order valence-electron chi connectivity index (χ4n) is 0.825. The summed E-state index contributed by atoms with van der Waals surface area (Å²) in [7, 11) is 0. The Morgan fingerprint density at radius 3 is 2.67 bits per heavy atom. The quantitative estimate of drug-likeness (QED) is 0.656. The second-order valence-electron chi connectivity index (χ2n) is 2.07. The van der Waals surface area contributed by atoms with Crippen molar-refractivity contribution >= 4 is 12.4 Å². The molecule has 0 atom stereocenters. The van der Waals surface area contributed by atoms with Crippen LogP contribution in [-0.2, 0) is 4.79 Å². The second-order valence-corrected chi connectivity index (χ2v) is 2.07. The minimum absolute atomic E-state index is 0.181. The van der Waals surface area contributed by atoms with Gasteiger partial charge < -0.3 is 10.5 Å². The summed E-state index contributed by atoms with van der Waals surface area (Å²) < 4.78 is 4.52. The van der Waals surface area contributed by atoms with E-state index >= 15 is 0 Å². The summed E-state index contributed by atoms with van der Waals surface area (Å²) in [4.78, 5) is 20.7. The average Bonchev–Trinajstić information content (AvgIpc) is 2.05. The number of carbonyl (C=O) groups is 2. The third kappa shape index (κ3) is 1.60. The summed E-state index contributed by atoms with van der Waals surface area (Å²) in [5.74, 6) is -0.438. The summed E-state index contributed by atoms with van der Waals surface area (Å²) in [6, 6.07) is 6.26. The van der Waals surface area contributed by atoms with Crippen LogP contribution in [0.5, 0.6) is 5.75 Å². The number of carbonyl (C=O) groups excluding carboxylic acids is 2. The molecule has 0 aliphatic rings. The molecule has 1 aromatic rings. The van der Waals surface area contributed by atoms with E-state index in [-0.39, 0.29) is 17.8 Å². The number of amides is 1. The maximum atomic E-state index is 10.7. The Morgan fingerprint density at radius 1 is 1.42 bits per heavy atom. The highest BCUT2D eigenvalue weighted by Crippen LogP contribution is 2.15. The number of nitrogens with two attached hydrogens (primary N) is 1. The van der Waals surface area contributed by atoms with Gasteiger partial charge in [0.2, 0.25) is 0 Å². The monoisotopic (exact) mass is 165 g/mol. The van der Waals surface area contributed by atoms with E-state index in [1.165, 1.54) is 12.1 Å². The molecule has 4 heteroatoms. The maximum Gasteiger partial charge on any atom is 0.298 e. The van der Waals surface area contributed by atoms with Crippen molar-refractivity contribution in [2.45, 2.75) is 0 Å². The van der Waals surface area contributed by atoms with Gasteiger partial charge >= 0.3 is 0 Å². The normalized spacial score (nSPS) is 9.00. The molecule has 0 heterocycles. The highest BCUT2D eigenvalue weighted by atomic mass is 16.5. The minimum Gasteiger partial charge on any atom is -0.428 e. The molecule has 62 valence electrons. The van der Waals surface area contributed by atoms with Crippen LogP contribution in [0.2, 0.25) is 0 Å². The number of hydrogen-bond acceptors (Lipinski definition) is 3. The molecule has 12 heavy (non-hydrogen) atoms. The van der Waals surface area contributed by atoms with Crippen molar-refractivity contribution in [3.8, 4) is 5.75 Å². The van der Waals surface area contributed by atoms with Crippen molar-refractivity contribution in [2.75, 3.05) is 0 Å². The Balaban J connectivity index is 3.07. The van der Waals surface area contributed by atoms with E-state index in [0.717, 1.165) is 0 Å². The zero-order valence-electron chi connectivity index (χ0n) is 6.19. The van der Waals surface area contributed by atoms with E-state index in [9.17, 15) is 9.59 Å². The molecular weight excluding hydrogens is 158 g/mol. The Bertz CT molecular complexity index is 309. The Morgan fingerprint density at radius 2 is 2.08 bits per heavy atom. The number of hydrogen-bond donors (Lipinski definition) is 1. The van der Waals surface area contributed by atoms with Crippen LogP contribution >= 0.6 is 0 Å². The molecule has 0 fully saturated rings. The molecule has 0 saturated carbocycles.